The fourth-order valence-electron chi connectivity index (χ4n) is 4.94. The maximum atomic E-state index is 13.9. The van der Waals surface area contributed by atoms with Crippen molar-refractivity contribution in [2.45, 2.75) is 38.7 Å². The molecule has 202 valence electrons. The van der Waals surface area contributed by atoms with Gasteiger partial charge in [0.1, 0.15) is 22.6 Å². The minimum absolute atomic E-state index is 0.0166. The summed E-state index contributed by atoms with van der Waals surface area (Å²) in [5, 5.41) is 10.1. The Hall–Kier alpha value is -3.94. The van der Waals surface area contributed by atoms with Crippen LogP contribution in [0, 0.1) is 25.7 Å². The standard InChI is InChI=1S/C29H23ClF2N6OS/c1-17-23(11-10-21-5-3-4-13-33-21)40-28-25(17)26(19-6-8-20(30)9-7-19)34-22(27-36-35-18(2)38(27)28)15-24(39)37-14-12-29(31,32)16-37/h3-9,13,22H,12,14-16H2,1-2H3/t22-/m0/s1. The number of carbonyl (C=O) groups excluding carboxylic acids is 1. The van der Waals surface area contributed by atoms with Gasteiger partial charge in [0.05, 0.1) is 23.6 Å². The zero-order valence-electron chi connectivity index (χ0n) is 21.7. The van der Waals surface area contributed by atoms with Gasteiger partial charge in [0.25, 0.3) is 5.92 Å². The number of thiophene rings is 1. The molecule has 1 aromatic carbocycles. The number of hydrogen-bond donors (Lipinski definition) is 0. The number of benzene rings is 1. The van der Waals surface area contributed by atoms with Gasteiger partial charge < -0.3 is 4.90 Å². The van der Waals surface area contributed by atoms with Crippen LogP contribution in [0.25, 0.3) is 5.00 Å². The van der Waals surface area contributed by atoms with Gasteiger partial charge in [-0.1, -0.05) is 29.8 Å². The summed E-state index contributed by atoms with van der Waals surface area (Å²) < 4.78 is 29.7. The second-order valence-corrected chi connectivity index (χ2v) is 11.2. The summed E-state index contributed by atoms with van der Waals surface area (Å²) in [5.74, 6) is 4.24. The number of aliphatic imine (C=N–C) groups is 1. The van der Waals surface area contributed by atoms with E-state index in [4.69, 9.17) is 16.6 Å². The zero-order chi connectivity index (χ0) is 28.0. The van der Waals surface area contributed by atoms with Crippen LogP contribution in [-0.4, -0.2) is 55.3 Å². The molecule has 1 atom stereocenters. The van der Waals surface area contributed by atoms with E-state index >= 15 is 0 Å². The Morgan fingerprint density at radius 3 is 2.65 bits per heavy atom. The fraction of sp³-hybridized carbons (Fsp3) is 0.276. The monoisotopic (exact) mass is 576 g/mol. The Kier molecular flexibility index (Phi) is 6.72. The van der Waals surface area contributed by atoms with Gasteiger partial charge in [-0.3, -0.25) is 14.4 Å². The Balaban J connectivity index is 1.49. The van der Waals surface area contributed by atoms with Gasteiger partial charge >= 0.3 is 0 Å². The van der Waals surface area contributed by atoms with Crippen LogP contribution in [0.1, 0.15) is 57.8 Å². The van der Waals surface area contributed by atoms with Gasteiger partial charge in [0, 0.05) is 35.3 Å². The van der Waals surface area contributed by atoms with E-state index in [1.54, 1.807) is 18.3 Å². The van der Waals surface area contributed by atoms with Crippen LogP contribution in [-0.2, 0) is 4.79 Å². The molecule has 5 heterocycles. The Morgan fingerprint density at radius 2 is 1.95 bits per heavy atom. The quantitative estimate of drug-likeness (QED) is 0.300. The lowest BCUT2D eigenvalue weighted by Crippen LogP contribution is -2.32. The summed E-state index contributed by atoms with van der Waals surface area (Å²) in [6.45, 7) is 3.26. The molecule has 2 aliphatic rings. The molecular formula is C29H23ClF2N6OS. The molecule has 0 radical (unpaired) electrons. The van der Waals surface area contributed by atoms with E-state index in [1.165, 1.54) is 16.2 Å². The van der Waals surface area contributed by atoms with E-state index in [0.29, 0.717) is 28.1 Å². The lowest BCUT2D eigenvalue weighted by Gasteiger charge is -2.19. The van der Waals surface area contributed by atoms with Crippen molar-refractivity contribution in [3.05, 3.63) is 92.6 Å². The third kappa shape index (κ3) is 4.91. The Labute approximate surface area is 238 Å². The molecule has 1 saturated heterocycles. The number of hydrogen-bond acceptors (Lipinski definition) is 6. The molecule has 3 aromatic heterocycles. The molecular weight excluding hydrogens is 554 g/mol. The highest BCUT2D eigenvalue weighted by Gasteiger charge is 2.41. The number of pyridine rings is 1. The van der Waals surface area contributed by atoms with E-state index in [-0.39, 0.29) is 19.4 Å². The SMILES string of the molecule is Cc1c(C#Cc2ccccn2)sc2c1C(c1ccc(Cl)cc1)=N[C@@H](CC(=O)N1CCC(F)(F)C1)c1nnc(C)n1-2. The van der Waals surface area contributed by atoms with E-state index in [1.807, 2.05) is 48.7 Å². The molecule has 6 rings (SSSR count). The highest BCUT2D eigenvalue weighted by atomic mass is 35.5. The molecule has 40 heavy (non-hydrogen) atoms. The largest absolute Gasteiger partial charge is 0.336 e. The van der Waals surface area contributed by atoms with Gasteiger partial charge in [0.2, 0.25) is 5.91 Å². The van der Waals surface area contributed by atoms with Crippen LogP contribution in [0.4, 0.5) is 8.78 Å². The molecule has 1 fully saturated rings. The van der Waals surface area contributed by atoms with Crippen molar-refractivity contribution in [2.24, 2.45) is 4.99 Å². The number of aromatic nitrogens is 4. The van der Waals surface area contributed by atoms with Crippen molar-refractivity contribution in [1.82, 2.24) is 24.6 Å². The van der Waals surface area contributed by atoms with Crippen molar-refractivity contribution in [2.75, 3.05) is 13.1 Å². The topological polar surface area (TPSA) is 76.3 Å². The number of aryl methyl sites for hydroxylation is 1. The summed E-state index contributed by atoms with van der Waals surface area (Å²) in [7, 11) is 0. The maximum Gasteiger partial charge on any atom is 0.267 e. The number of fused-ring (bicyclic) bond motifs is 3. The average Bonchev–Trinajstić information content (AvgIpc) is 3.57. The van der Waals surface area contributed by atoms with Crippen molar-refractivity contribution in [3.63, 3.8) is 0 Å². The van der Waals surface area contributed by atoms with Gasteiger partial charge in [-0.15, -0.1) is 21.5 Å². The summed E-state index contributed by atoms with van der Waals surface area (Å²) in [6.07, 6.45) is 1.26. The van der Waals surface area contributed by atoms with Gasteiger partial charge in [-0.25, -0.2) is 13.8 Å². The molecule has 4 aromatic rings. The minimum atomic E-state index is -2.87. The minimum Gasteiger partial charge on any atom is -0.336 e. The van der Waals surface area contributed by atoms with Gasteiger partial charge in [0.15, 0.2) is 5.82 Å². The third-order valence-corrected chi connectivity index (χ3v) is 8.42. The van der Waals surface area contributed by atoms with Crippen LogP contribution in [0.15, 0.2) is 53.7 Å². The summed E-state index contributed by atoms with van der Waals surface area (Å²) in [5.41, 5.74) is 3.88. The van der Waals surface area contributed by atoms with Crippen molar-refractivity contribution in [1.29, 1.82) is 0 Å². The second-order valence-electron chi connectivity index (χ2n) is 9.77. The highest BCUT2D eigenvalue weighted by molar-refractivity contribution is 7.15. The Morgan fingerprint density at radius 1 is 1.15 bits per heavy atom. The van der Waals surface area contributed by atoms with Crippen LogP contribution >= 0.6 is 22.9 Å². The molecule has 11 heteroatoms. The first-order chi connectivity index (χ1) is 19.2. The first-order valence-corrected chi connectivity index (χ1v) is 13.9. The van der Waals surface area contributed by atoms with Gasteiger partial charge in [-0.2, -0.15) is 0 Å². The van der Waals surface area contributed by atoms with Crippen LogP contribution in [0.5, 0.6) is 0 Å². The molecule has 7 nitrogen and oxygen atoms in total. The third-order valence-electron chi connectivity index (χ3n) is 6.98. The lowest BCUT2D eigenvalue weighted by atomic mass is 9.99. The predicted octanol–water partition coefficient (Wildman–Crippen LogP) is 5.54. The molecule has 0 spiro atoms. The number of rotatable bonds is 3. The smallest absolute Gasteiger partial charge is 0.267 e. The number of carbonyl (C=O) groups is 1. The molecule has 0 N–H and O–H groups in total. The average molecular weight is 577 g/mol. The van der Waals surface area contributed by atoms with Crippen molar-refractivity contribution >= 4 is 34.6 Å². The molecule has 1 amide bonds. The lowest BCUT2D eigenvalue weighted by molar-refractivity contribution is -0.132. The molecule has 0 bridgehead atoms. The first kappa shape index (κ1) is 26.3. The van der Waals surface area contributed by atoms with Crippen LogP contribution in [0.3, 0.4) is 0 Å². The van der Waals surface area contributed by atoms with E-state index in [2.05, 4.69) is 27.0 Å². The Bertz CT molecular complexity index is 1700. The molecule has 0 saturated carbocycles. The number of amides is 1. The normalized spacial score (nSPS) is 17.4. The van der Waals surface area contributed by atoms with Crippen molar-refractivity contribution in [3.8, 4) is 16.8 Å². The number of nitrogens with zero attached hydrogens (tertiary/aromatic N) is 6. The number of likely N-dealkylation sites (tertiary alicyclic amines) is 1. The zero-order valence-corrected chi connectivity index (χ0v) is 23.2. The maximum absolute atomic E-state index is 13.9. The predicted molar refractivity (Wildman–Crippen MR) is 150 cm³/mol. The van der Waals surface area contributed by atoms with Gasteiger partial charge in [-0.05, 0) is 55.5 Å². The van der Waals surface area contributed by atoms with E-state index < -0.39 is 24.4 Å². The summed E-state index contributed by atoms with van der Waals surface area (Å²) in [4.78, 5) is 24.6. The fourth-order valence-corrected chi connectivity index (χ4v) is 6.29. The van der Waals surface area contributed by atoms with Crippen molar-refractivity contribution < 1.29 is 13.6 Å². The highest BCUT2D eigenvalue weighted by Crippen LogP contribution is 2.40. The first-order valence-electron chi connectivity index (χ1n) is 12.7. The van der Waals surface area contributed by atoms with E-state index in [9.17, 15) is 13.6 Å². The van der Waals surface area contributed by atoms with E-state index in [0.717, 1.165) is 26.6 Å². The molecule has 2 aliphatic heterocycles. The summed E-state index contributed by atoms with van der Waals surface area (Å²) >= 11 is 7.68. The van der Waals surface area contributed by atoms with Crippen LogP contribution in [0.2, 0.25) is 5.02 Å². The number of halogens is 3. The second kappa shape index (κ2) is 10.2. The summed E-state index contributed by atoms with van der Waals surface area (Å²) in [6, 6.07) is 12.2. The molecule has 0 aliphatic carbocycles. The molecule has 0 unspecified atom stereocenters. The number of alkyl halides is 2. The van der Waals surface area contributed by atoms with Crippen LogP contribution < -0.4 is 0 Å².